The van der Waals surface area contributed by atoms with Gasteiger partial charge in [0.1, 0.15) is 12.4 Å². The van der Waals surface area contributed by atoms with Crippen molar-refractivity contribution in [1.82, 2.24) is 9.78 Å². The summed E-state index contributed by atoms with van der Waals surface area (Å²) in [5, 5.41) is 14.7. The zero-order valence-corrected chi connectivity index (χ0v) is 19.4. The minimum Gasteiger partial charge on any atom is -0.484 e. The molecule has 0 radical (unpaired) electrons. The average Bonchev–Trinajstić information content (AvgIpc) is 2.71. The van der Waals surface area contributed by atoms with E-state index in [0.717, 1.165) is 4.68 Å². The normalized spacial score (nSPS) is 11.9. The standard InChI is InChI=1S/C22H22ClN3O6S/c1-22(2,29)13-32-20-18(11-25-26(21(20)28)16-5-3-4-15(23)10-16)14-6-8-17(9-7-14)33(30,31)12-19(24)27/h3-11,29H,12-13H2,1-2H3,(H2,24,27). The number of primary amides is 1. The van der Waals surface area contributed by atoms with Crippen molar-refractivity contribution in [1.29, 1.82) is 0 Å². The van der Waals surface area contributed by atoms with Crippen LogP contribution >= 0.6 is 11.6 Å². The zero-order chi connectivity index (χ0) is 24.4. The van der Waals surface area contributed by atoms with Gasteiger partial charge in [-0.3, -0.25) is 9.59 Å². The molecular formula is C22H22ClN3O6S. The Kier molecular flexibility index (Phi) is 6.92. The number of rotatable bonds is 8. The van der Waals surface area contributed by atoms with Crippen LogP contribution in [0.1, 0.15) is 13.8 Å². The van der Waals surface area contributed by atoms with Crippen LogP contribution in [0.25, 0.3) is 16.8 Å². The molecule has 0 spiro atoms. The van der Waals surface area contributed by atoms with E-state index in [1.165, 1.54) is 44.3 Å². The SMILES string of the molecule is CC(C)(O)COc1c(-c2ccc(S(=O)(=O)CC(N)=O)cc2)cnn(-c2cccc(Cl)c2)c1=O. The molecular weight excluding hydrogens is 470 g/mol. The first-order valence-corrected chi connectivity index (χ1v) is 11.8. The summed E-state index contributed by atoms with van der Waals surface area (Å²) in [6.45, 7) is 2.88. The summed E-state index contributed by atoms with van der Waals surface area (Å²) in [5.74, 6) is -1.86. The molecule has 0 fully saturated rings. The summed E-state index contributed by atoms with van der Waals surface area (Å²) in [6, 6.07) is 12.1. The Bertz CT molecular complexity index is 1350. The molecule has 3 N–H and O–H groups in total. The van der Waals surface area contributed by atoms with E-state index < -0.39 is 32.7 Å². The van der Waals surface area contributed by atoms with Crippen molar-refractivity contribution in [3.63, 3.8) is 0 Å². The number of aromatic nitrogens is 2. The first kappa shape index (κ1) is 24.4. The van der Waals surface area contributed by atoms with E-state index in [2.05, 4.69) is 5.10 Å². The second-order valence-corrected chi connectivity index (χ2v) is 10.4. The van der Waals surface area contributed by atoms with Gasteiger partial charge in [0.05, 0.1) is 22.4 Å². The smallest absolute Gasteiger partial charge is 0.314 e. The number of hydrogen-bond donors (Lipinski definition) is 2. The molecule has 0 unspecified atom stereocenters. The van der Waals surface area contributed by atoms with E-state index >= 15 is 0 Å². The number of carbonyl (C=O) groups excluding carboxylic acids is 1. The molecule has 3 aromatic rings. The van der Waals surface area contributed by atoms with E-state index in [-0.39, 0.29) is 17.3 Å². The van der Waals surface area contributed by atoms with Gasteiger partial charge in [0.15, 0.2) is 15.6 Å². The third-order valence-corrected chi connectivity index (χ3v) is 6.30. The number of ether oxygens (including phenoxy) is 1. The number of nitrogens with zero attached hydrogens (tertiary/aromatic N) is 2. The summed E-state index contributed by atoms with van der Waals surface area (Å²) >= 11 is 6.03. The van der Waals surface area contributed by atoms with E-state index in [1.54, 1.807) is 24.3 Å². The number of hydrogen-bond acceptors (Lipinski definition) is 7. The summed E-state index contributed by atoms with van der Waals surface area (Å²) in [7, 11) is -3.89. The Hall–Kier alpha value is -3.21. The molecule has 1 amide bonds. The minimum absolute atomic E-state index is 0.0835. The molecule has 11 heteroatoms. The first-order chi connectivity index (χ1) is 15.4. The highest BCUT2D eigenvalue weighted by Crippen LogP contribution is 2.29. The maximum Gasteiger partial charge on any atom is 0.314 e. The third kappa shape index (κ3) is 5.98. The fourth-order valence-corrected chi connectivity index (χ4v) is 4.21. The molecule has 3 rings (SSSR count). The van der Waals surface area contributed by atoms with Gasteiger partial charge in [-0.15, -0.1) is 0 Å². The lowest BCUT2D eigenvalue weighted by Crippen LogP contribution is -2.31. The summed E-state index contributed by atoms with van der Waals surface area (Å²) in [5.41, 5.74) is 4.35. The van der Waals surface area contributed by atoms with Gasteiger partial charge < -0.3 is 15.6 Å². The number of halogens is 1. The number of sulfone groups is 1. The molecule has 0 aliphatic carbocycles. The minimum atomic E-state index is -3.89. The van der Waals surface area contributed by atoms with Gasteiger partial charge in [-0.25, -0.2) is 8.42 Å². The van der Waals surface area contributed by atoms with Gasteiger partial charge in [0, 0.05) is 10.6 Å². The first-order valence-electron chi connectivity index (χ1n) is 9.72. The highest BCUT2D eigenvalue weighted by atomic mass is 35.5. The molecule has 1 aromatic heterocycles. The molecule has 1 heterocycles. The Balaban J connectivity index is 2.10. The Labute approximate surface area is 195 Å². The quantitative estimate of drug-likeness (QED) is 0.490. The van der Waals surface area contributed by atoms with Crippen LogP contribution in [-0.2, 0) is 14.6 Å². The molecule has 0 saturated heterocycles. The molecule has 174 valence electrons. The topological polar surface area (TPSA) is 142 Å². The van der Waals surface area contributed by atoms with Crippen molar-refractivity contribution in [2.75, 3.05) is 12.4 Å². The van der Waals surface area contributed by atoms with E-state index in [0.29, 0.717) is 21.8 Å². The van der Waals surface area contributed by atoms with Gasteiger partial charge in [-0.05, 0) is 49.7 Å². The monoisotopic (exact) mass is 491 g/mol. The Morgan fingerprint density at radius 1 is 1.21 bits per heavy atom. The zero-order valence-electron chi connectivity index (χ0n) is 17.9. The van der Waals surface area contributed by atoms with Crippen molar-refractivity contribution in [2.24, 2.45) is 5.73 Å². The van der Waals surface area contributed by atoms with Crippen LogP contribution in [0.15, 0.2) is 64.4 Å². The van der Waals surface area contributed by atoms with Gasteiger partial charge >= 0.3 is 5.56 Å². The average molecular weight is 492 g/mol. The van der Waals surface area contributed by atoms with Crippen LogP contribution in [0.5, 0.6) is 5.75 Å². The van der Waals surface area contributed by atoms with Crippen molar-refractivity contribution < 1.29 is 23.1 Å². The van der Waals surface area contributed by atoms with Gasteiger partial charge in [0.2, 0.25) is 5.91 Å². The molecule has 0 bridgehead atoms. The lowest BCUT2D eigenvalue weighted by molar-refractivity contribution is -0.115. The molecule has 33 heavy (non-hydrogen) atoms. The molecule has 9 nitrogen and oxygen atoms in total. The Morgan fingerprint density at radius 2 is 1.88 bits per heavy atom. The molecule has 0 aliphatic rings. The Morgan fingerprint density at radius 3 is 2.45 bits per heavy atom. The predicted octanol–water partition coefficient (Wildman–Crippen LogP) is 1.96. The number of nitrogens with two attached hydrogens (primary N) is 1. The largest absolute Gasteiger partial charge is 0.484 e. The molecule has 0 aliphatic heterocycles. The maximum absolute atomic E-state index is 13.2. The van der Waals surface area contributed by atoms with E-state index in [1.807, 2.05) is 0 Å². The highest BCUT2D eigenvalue weighted by Gasteiger charge is 2.22. The lowest BCUT2D eigenvalue weighted by Gasteiger charge is -2.19. The molecule has 0 atom stereocenters. The lowest BCUT2D eigenvalue weighted by atomic mass is 10.1. The molecule has 0 saturated carbocycles. The van der Waals surface area contributed by atoms with E-state index in [9.17, 15) is 23.1 Å². The van der Waals surface area contributed by atoms with Crippen molar-refractivity contribution in [3.05, 3.63) is 70.1 Å². The van der Waals surface area contributed by atoms with Crippen LogP contribution in [0.4, 0.5) is 0 Å². The summed E-state index contributed by atoms with van der Waals surface area (Å²) in [6.07, 6.45) is 1.40. The van der Waals surface area contributed by atoms with Crippen LogP contribution in [0, 0.1) is 0 Å². The third-order valence-electron chi connectivity index (χ3n) is 4.41. The van der Waals surface area contributed by atoms with Crippen molar-refractivity contribution >= 4 is 27.3 Å². The highest BCUT2D eigenvalue weighted by molar-refractivity contribution is 7.92. The number of amides is 1. The summed E-state index contributed by atoms with van der Waals surface area (Å²) < 4.78 is 31.3. The fraction of sp³-hybridized carbons (Fsp3) is 0.227. The predicted molar refractivity (Wildman–Crippen MR) is 123 cm³/mol. The molecule has 2 aromatic carbocycles. The van der Waals surface area contributed by atoms with Gasteiger partial charge in [-0.2, -0.15) is 9.78 Å². The summed E-state index contributed by atoms with van der Waals surface area (Å²) in [4.78, 5) is 24.2. The van der Waals surface area contributed by atoms with Crippen LogP contribution in [0.3, 0.4) is 0 Å². The van der Waals surface area contributed by atoms with Crippen LogP contribution in [-0.4, -0.2) is 47.2 Å². The number of aliphatic hydroxyl groups is 1. The fourth-order valence-electron chi connectivity index (χ4n) is 2.94. The van der Waals surface area contributed by atoms with Gasteiger partial charge in [-0.1, -0.05) is 29.8 Å². The number of carbonyl (C=O) groups is 1. The van der Waals surface area contributed by atoms with E-state index in [4.69, 9.17) is 22.1 Å². The second-order valence-electron chi connectivity index (χ2n) is 7.94. The van der Waals surface area contributed by atoms with Crippen LogP contribution < -0.4 is 16.0 Å². The number of benzene rings is 2. The van der Waals surface area contributed by atoms with Crippen LogP contribution in [0.2, 0.25) is 5.02 Å². The van der Waals surface area contributed by atoms with Gasteiger partial charge in [0.25, 0.3) is 0 Å². The van der Waals surface area contributed by atoms with Crippen molar-refractivity contribution in [3.8, 4) is 22.6 Å². The second kappa shape index (κ2) is 9.34. The maximum atomic E-state index is 13.2. The van der Waals surface area contributed by atoms with Crippen molar-refractivity contribution in [2.45, 2.75) is 24.3 Å².